The Kier molecular flexibility index (Phi) is 3.94. The highest BCUT2D eigenvalue weighted by Crippen LogP contribution is 2.24. The number of esters is 1. The number of nitrogens with zero attached hydrogens (tertiary/aromatic N) is 2. The molecular weight excluding hydrogens is 280 g/mol. The number of nitrogens with one attached hydrogen (secondary N) is 1. The molecule has 8 heteroatoms. The minimum atomic E-state index is -0.496. The van der Waals surface area contributed by atoms with E-state index in [0.717, 1.165) is 11.5 Å². The summed E-state index contributed by atoms with van der Waals surface area (Å²) in [5.74, 6) is -0.624. The molecule has 1 heterocycles. The molecule has 104 valence electrons. The summed E-state index contributed by atoms with van der Waals surface area (Å²) < 4.78 is 8.94. The monoisotopic (exact) mass is 292 g/mol. The van der Waals surface area contributed by atoms with Gasteiger partial charge in [0.25, 0.3) is 5.91 Å². The second kappa shape index (κ2) is 5.66. The number of anilines is 2. The van der Waals surface area contributed by atoms with Gasteiger partial charge in [0.15, 0.2) is 0 Å². The summed E-state index contributed by atoms with van der Waals surface area (Å²) in [7, 11) is 0. The SMILES string of the molecule is CC(=O)Oc1c(C)cccc1C(=O)Nc1nsc(N)n1. The molecule has 0 aliphatic rings. The topological polar surface area (TPSA) is 107 Å². The highest BCUT2D eigenvalue weighted by Gasteiger charge is 2.17. The van der Waals surface area contributed by atoms with Gasteiger partial charge in [-0.25, -0.2) is 0 Å². The first-order valence-electron chi connectivity index (χ1n) is 5.66. The predicted molar refractivity (Wildman–Crippen MR) is 74.8 cm³/mol. The summed E-state index contributed by atoms with van der Waals surface area (Å²) in [5, 5.41) is 2.75. The van der Waals surface area contributed by atoms with Crippen LogP contribution in [0.1, 0.15) is 22.8 Å². The zero-order chi connectivity index (χ0) is 14.7. The number of nitrogens with two attached hydrogens (primary N) is 1. The zero-order valence-electron chi connectivity index (χ0n) is 10.8. The maximum Gasteiger partial charge on any atom is 0.308 e. The Bertz CT molecular complexity index is 668. The van der Waals surface area contributed by atoms with Crippen molar-refractivity contribution in [3.63, 3.8) is 0 Å². The van der Waals surface area contributed by atoms with Gasteiger partial charge in [0.05, 0.1) is 5.56 Å². The van der Waals surface area contributed by atoms with E-state index < -0.39 is 11.9 Å². The van der Waals surface area contributed by atoms with Crippen LogP contribution in [-0.4, -0.2) is 21.2 Å². The third-order valence-corrected chi connectivity index (χ3v) is 2.91. The summed E-state index contributed by atoms with van der Waals surface area (Å²) in [6, 6.07) is 4.99. The molecule has 0 fully saturated rings. The molecule has 1 aromatic carbocycles. The summed E-state index contributed by atoms with van der Waals surface area (Å²) in [6.45, 7) is 3.02. The van der Waals surface area contributed by atoms with E-state index in [0.29, 0.717) is 5.56 Å². The molecule has 0 bridgehead atoms. The van der Waals surface area contributed by atoms with Crippen molar-refractivity contribution in [2.24, 2.45) is 0 Å². The number of benzene rings is 1. The lowest BCUT2D eigenvalue weighted by Crippen LogP contribution is -2.16. The van der Waals surface area contributed by atoms with Crippen molar-refractivity contribution in [1.82, 2.24) is 9.36 Å². The van der Waals surface area contributed by atoms with Gasteiger partial charge in [0, 0.05) is 18.5 Å². The van der Waals surface area contributed by atoms with E-state index in [1.54, 1.807) is 25.1 Å². The van der Waals surface area contributed by atoms with Crippen LogP contribution in [0.15, 0.2) is 18.2 Å². The lowest BCUT2D eigenvalue weighted by Gasteiger charge is -2.10. The number of hydrogen-bond acceptors (Lipinski definition) is 7. The predicted octanol–water partition coefficient (Wildman–Crippen LogP) is 1.61. The number of nitrogen functional groups attached to an aromatic ring is 1. The average molecular weight is 292 g/mol. The molecule has 0 saturated heterocycles. The molecule has 0 radical (unpaired) electrons. The van der Waals surface area contributed by atoms with Crippen molar-refractivity contribution in [2.75, 3.05) is 11.1 Å². The van der Waals surface area contributed by atoms with E-state index in [9.17, 15) is 9.59 Å². The number of rotatable bonds is 3. The van der Waals surface area contributed by atoms with Crippen LogP contribution in [0, 0.1) is 6.92 Å². The molecule has 1 amide bonds. The molecule has 0 saturated carbocycles. The smallest absolute Gasteiger partial charge is 0.308 e. The number of carbonyl (C=O) groups excluding carboxylic acids is 2. The number of aromatic nitrogens is 2. The van der Waals surface area contributed by atoms with E-state index in [1.807, 2.05) is 0 Å². The van der Waals surface area contributed by atoms with Crippen molar-refractivity contribution < 1.29 is 14.3 Å². The Balaban J connectivity index is 2.29. The molecule has 0 aliphatic carbocycles. The molecule has 3 N–H and O–H groups in total. The molecule has 7 nitrogen and oxygen atoms in total. The number of para-hydroxylation sites is 1. The lowest BCUT2D eigenvalue weighted by molar-refractivity contribution is -0.131. The maximum atomic E-state index is 12.2. The highest BCUT2D eigenvalue weighted by atomic mass is 32.1. The van der Waals surface area contributed by atoms with Crippen LogP contribution < -0.4 is 15.8 Å². The minimum absolute atomic E-state index is 0.118. The fourth-order valence-electron chi connectivity index (χ4n) is 1.57. The van der Waals surface area contributed by atoms with Crippen LogP contribution in [-0.2, 0) is 4.79 Å². The van der Waals surface area contributed by atoms with Gasteiger partial charge in [-0.15, -0.1) is 0 Å². The van der Waals surface area contributed by atoms with Crippen LogP contribution >= 0.6 is 11.5 Å². The normalized spacial score (nSPS) is 10.1. The summed E-state index contributed by atoms with van der Waals surface area (Å²) in [4.78, 5) is 27.1. The largest absolute Gasteiger partial charge is 0.426 e. The Morgan fingerprint density at radius 2 is 2.15 bits per heavy atom. The van der Waals surface area contributed by atoms with Crippen molar-refractivity contribution >= 4 is 34.5 Å². The Morgan fingerprint density at radius 3 is 2.75 bits per heavy atom. The third-order valence-electron chi connectivity index (χ3n) is 2.37. The molecule has 20 heavy (non-hydrogen) atoms. The van der Waals surface area contributed by atoms with Crippen LogP contribution in [0.25, 0.3) is 0 Å². The quantitative estimate of drug-likeness (QED) is 0.657. The average Bonchev–Trinajstić information content (AvgIpc) is 2.76. The van der Waals surface area contributed by atoms with Gasteiger partial charge >= 0.3 is 5.97 Å². The maximum absolute atomic E-state index is 12.2. The number of amides is 1. The number of ether oxygens (including phenoxy) is 1. The molecule has 0 atom stereocenters. The first kappa shape index (κ1) is 13.9. The van der Waals surface area contributed by atoms with Crippen LogP contribution in [0.5, 0.6) is 5.75 Å². The molecule has 0 spiro atoms. The Labute approximate surface area is 118 Å². The van der Waals surface area contributed by atoms with Crippen LogP contribution in [0.4, 0.5) is 11.1 Å². The van der Waals surface area contributed by atoms with E-state index in [-0.39, 0.29) is 22.4 Å². The van der Waals surface area contributed by atoms with Crippen molar-refractivity contribution in [1.29, 1.82) is 0 Å². The molecule has 1 aromatic heterocycles. The number of aryl methyl sites for hydroxylation is 1. The highest BCUT2D eigenvalue weighted by molar-refractivity contribution is 7.09. The lowest BCUT2D eigenvalue weighted by atomic mass is 10.1. The molecule has 2 rings (SSSR count). The van der Waals surface area contributed by atoms with Gasteiger partial charge < -0.3 is 10.5 Å². The molecular formula is C12H12N4O3S. The van der Waals surface area contributed by atoms with E-state index in [1.165, 1.54) is 6.92 Å². The second-order valence-electron chi connectivity index (χ2n) is 3.96. The van der Waals surface area contributed by atoms with Gasteiger partial charge in [0.1, 0.15) is 5.75 Å². The standard InChI is InChI=1S/C12H12N4O3S/c1-6-4-3-5-8(9(6)19-7(2)17)10(18)14-12-15-11(13)20-16-12/h3-5H,1-2H3,(H3,13,14,15,16,18). The number of carbonyl (C=O) groups is 2. The summed E-state index contributed by atoms with van der Waals surface area (Å²) >= 11 is 0.976. The van der Waals surface area contributed by atoms with Gasteiger partial charge in [-0.2, -0.15) is 9.36 Å². The molecule has 0 aliphatic heterocycles. The first-order valence-corrected chi connectivity index (χ1v) is 6.43. The van der Waals surface area contributed by atoms with E-state index >= 15 is 0 Å². The Morgan fingerprint density at radius 1 is 1.40 bits per heavy atom. The van der Waals surface area contributed by atoms with Gasteiger partial charge in [-0.1, -0.05) is 12.1 Å². The van der Waals surface area contributed by atoms with Crippen molar-refractivity contribution in [2.45, 2.75) is 13.8 Å². The first-order chi connectivity index (χ1) is 9.47. The Hall–Kier alpha value is -2.48. The van der Waals surface area contributed by atoms with Gasteiger partial charge in [-0.05, 0) is 18.6 Å². The summed E-state index contributed by atoms with van der Waals surface area (Å²) in [5.41, 5.74) is 6.35. The van der Waals surface area contributed by atoms with Crippen LogP contribution in [0.2, 0.25) is 0 Å². The van der Waals surface area contributed by atoms with Gasteiger partial charge in [0.2, 0.25) is 11.1 Å². The molecule has 0 unspecified atom stereocenters. The van der Waals surface area contributed by atoms with E-state index in [4.69, 9.17) is 10.5 Å². The van der Waals surface area contributed by atoms with Crippen molar-refractivity contribution in [3.8, 4) is 5.75 Å². The van der Waals surface area contributed by atoms with Crippen LogP contribution in [0.3, 0.4) is 0 Å². The number of hydrogen-bond donors (Lipinski definition) is 2. The summed E-state index contributed by atoms with van der Waals surface area (Å²) in [6.07, 6.45) is 0. The fourth-order valence-corrected chi connectivity index (χ4v) is 1.96. The van der Waals surface area contributed by atoms with Crippen molar-refractivity contribution in [3.05, 3.63) is 29.3 Å². The van der Waals surface area contributed by atoms with Gasteiger partial charge in [-0.3, -0.25) is 14.9 Å². The zero-order valence-corrected chi connectivity index (χ0v) is 11.7. The second-order valence-corrected chi connectivity index (χ2v) is 4.74. The minimum Gasteiger partial charge on any atom is -0.426 e. The van der Waals surface area contributed by atoms with E-state index in [2.05, 4.69) is 14.7 Å². The molecule has 2 aromatic rings. The fraction of sp³-hybridized carbons (Fsp3) is 0.167. The third kappa shape index (κ3) is 3.09.